The first-order chi connectivity index (χ1) is 10.9. The van der Waals surface area contributed by atoms with E-state index in [-0.39, 0.29) is 16.3 Å². The number of sulfonamides is 1. The van der Waals surface area contributed by atoms with Crippen molar-refractivity contribution >= 4 is 15.7 Å². The molecule has 124 valence electrons. The van der Waals surface area contributed by atoms with Crippen LogP contribution in [-0.2, 0) is 14.8 Å². The largest absolute Gasteiger partial charge is 0.505 e. The van der Waals surface area contributed by atoms with Gasteiger partial charge in [0.1, 0.15) is 18.1 Å². The third kappa shape index (κ3) is 4.37. The van der Waals surface area contributed by atoms with Crippen LogP contribution in [-0.4, -0.2) is 33.8 Å². The standard InChI is InChI=1S/C16H19NO5S/c1-12-4-3-5-15(16(12)18)17-23(19,20)14-8-6-13(7-9-14)22-11-10-21-2/h3-9,17-18H,10-11H2,1-2H3. The molecule has 0 aliphatic rings. The summed E-state index contributed by atoms with van der Waals surface area (Å²) in [6, 6.07) is 10.9. The van der Waals surface area contributed by atoms with Crippen molar-refractivity contribution in [2.75, 3.05) is 25.0 Å². The summed E-state index contributed by atoms with van der Waals surface area (Å²) in [6.07, 6.45) is 0. The summed E-state index contributed by atoms with van der Waals surface area (Å²) in [4.78, 5) is 0.0810. The molecule has 0 unspecified atom stereocenters. The zero-order valence-corrected chi connectivity index (χ0v) is 13.8. The number of aryl methyl sites for hydroxylation is 1. The number of phenolic OH excluding ortho intramolecular Hbond substituents is 1. The van der Waals surface area contributed by atoms with Gasteiger partial charge in [-0.05, 0) is 42.8 Å². The summed E-state index contributed by atoms with van der Waals surface area (Å²) in [5.41, 5.74) is 0.734. The van der Waals surface area contributed by atoms with Crippen molar-refractivity contribution in [1.29, 1.82) is 0 Å². The molecule has 0 fully saturated rings. The molecule has 0 amide bonds. The Morgan fingerprint density at radius 2 is 1.78 bits per heavy atom. The molecule has 0 atom stereocenters. The Kier molecular flexibility index (Phi) is 5.46. The van der Waals surface area contributed by atoms with Gasteiger partial charge in [-0.25, -0.2) is 8.42 Å². The van der Waals surface area contributed by atoms with E-state index in [1.807, 2.05) is 0 Å². The van der Waals surface area contributed by atoms with E-state index in [0.29, 0.717) is 24.5 Å². The third-order valence-electron chi connectivity index (χ3n) is 3.17. The summed E-state index contributed by atoms with van der Waals surface area (Å²) >= 11 is 0. The highest BCUT2D eigenvalue weighted by molar-refractivity contribution is 7.92. The van der Waals surface area contributed by atoms with Crippen LogP contribution in [0, 0.1) is 6.92 Å². The van der Waals surface area contributed by atoms with Gasteiger partial charge in [-0.2, -0.15) is 0 Å². The van der Waals surface area contributed by atoms with Gasteiger partial charge in [0.15, 0.2) is 0 Å². The number of nitrogens with one attached hydrogen (secondary N) is 1. The van der Waals surface area contributed by atoms with Crippen LogP contribution in [0.4, 0.5) is 5.69 Å². The normalized spacial score (nSPS) is 11.2. The molecule has 23 heavy (non-hydrogen) atoms. The molecule has 0 aliphatic carbocycles. The molecule has 0 aromatic heterocycles. The molecule has 2 aromatic carbocycles. The molecular weight excluding hydrogens is 318 g/mol. The Bertz CT molecular complexity index is 757. The van der Waals surface area contributed by atoms with Crippen molar-refractivity contribution in [1.82, 2.24) is 0 Å². The second-order valence-corrected chi connectivity index (χ2v) is 6.57. The van der Waals surface area contributed by atoms with Crippen LogP contribution in [0.1, 0.15) is 5.56 Å². The van der Waals surface area contributed by atoms with E-state index < -0.39 is 10.0 Å². The molecule has 0 saturated heterocycles. The topological polar surface area (TPSA) is 84.9 Å². The number of ether oxygens (including phenoxy) is 2. The van der Waals surface area contributed by atoms with Crippen LogP contribution in [0.5, 0.6) is 11.5 Å². The van der Waals surface area contributed by atoms with Gasteiger partial charge in [0.05, 0.1) is 17.2 Å². The quantitative estimate of drug-likeness (QED) is 0.599. The minimum atomic E-state index is -3.78. The van der Waals surface area contributed by atoms with E-state index in [1.54, 1.807) is 38.3 Å². The van der Waals surface area contributed by atoms with Crippen LogP contribution < -0.4 is 9.46 Å². The van der Waals surface area contributed by atoms with Gasteiger partial charge < -0.3 is 14.6 Å². The predicted octanol–water partition coefficient (Wildman–Crippen LogP) is 2.53. The zero-order valence-electron chi connectivity index (χ0n) is 12.9. The molecule has 0 heterocycles. The lowest BCUT2D eigenvalue weighted by Crippen LogP contribution is -2.13. The summed E-state index contributed by atoms with van der Waals surface area (Å²) in [6.45, 7) is 2.53. The van der Waals surface area contributed by atoms with Gasteiger partial charge in [-0.1, -0.05) is 12.1 Å². The SMILES string of the molecule is COCCOc1ccc(S(=O)(=O)Nc2cccc(C)c2O)cc1. The molecule has 7 heteroatoms. The Balaban J connectivity index is 2.14. The highest BCUT2D eigenvalue weighted by Crippen LogP contribution is 2.29. The Hall–Kier alpha value is -2.25. The van der Waals surface area contributed by atoms with Gasteiger partial charge in [0, 0.05) is 7.11 Å². The van der Waals surface area contributed by atoms with E-state index in [0.717, 1.165) is 0 Å². The van der Waals surface area contributed by atoms with Crippen molar-refractivity contribution in [3.8, 4) is 11.5 Å². The average molecular weight is 337 g/mol. The van der Waals surface area contributed by atoms with Crippen molar-refractivity contribution < 1.29 is 23.0 Å². The number of benzene rings is 2. The smallest absolute Gasteiger partial charge is 0.262 e. The van der Waals surface area contributed by atoms with E-state index in [9.17, 15) is 13.5 Å². The number of aromatic hydroxyl groups is 1. The van der Waals surface area contributed by atoms with Crippen molar-refractivity contribution in [2.45, 2.75) is 11.8 Å². The highest BCUT2D eigenvalue weighted by atomic mass is 32.2. The lowest BCUT2D eigenvalue weighted by Gasteiger charge is -2.11. The second-order valence-electron chi connectivity index (χ2n) is 4.89. The number of phenols is 1. The molecule has 0 bridgehead atoms. The van der Waals surface area contributed by atoms with Crippen LogP contribution in [0.15, 0.2) is 47.4 Å². The Labute approximate surface area is 135 Å². The molecule has 2 rings (SSSR count). The van der Waals surface area contributed by atoms with Crippen LogP contribution in [0.3, 0.4) is 0 Å². The van der Waals surface area contributed by atoms with Gasteiger partial charge in [-0.15, -0.1) is 0 Å². The van der Waals surface area contributed by atoms with E-state index in [4.69, 9.17) is 9.47 Å². The highest BCUT2D eigenvalue weighted by Gasteiger charge is 2.16. The summed E-state index contributed by atoms with van der Waals surface area (Å²) < 4.78 is 37.3. The van der Waals surface area contributed by atoms with Gasteiger partial charge >= 0.3 is 0 Å². The maximum atomic E-state index is 12.4. The average Bonchev–Trinajstić information content (AvgIpc) is 2.52. The van der Waals surface area contributed by atoms with Gasteiger partial charge in [-0.3, -0.25) is 4.72 Å². The third-order valence-corrected chi connectivity index (χ3v) is 4.55. The molecule has 6 nitrogen and oxygen atoms in total. The van der Waals surface area contributed by atoms with E-state index in [1.165, 1.54) is 18.2 Å². The van der Waals surface area contributed by atoms with Crippen LogP contribution in [0.2, 0.25) is 0 Å². The van der Waals surface area contributed by atoms with E-state index in [2.05, 4.69) is 4.72 Å². The number of hydrogen-bond acceptors (Lipinski definition) is 5. The molecule has 0 saturated carbocycles. The molecular formula is C16H19NO5S. The van der Waals surface area contributed by atoms with Crippen molar-refractivity contribution in [2.24, 2.45) is 0 Å². The van der Waals surface area contributed by atoms with Crippen LogP contribution in [0.25, 0.3) is 0 Å². The number of para-hydroxylation sites is 1. The Morgan fingerprint density at radius 3 is 2.43 bits per heavy atom. The number of rotatable bonds is 7. The molecule has 2 N–H and O–H groups in total. The summed E-state index contributed by atoms with van der Waals surface area (Å²) in [7, 11) is -2.21. The summed E-state index contributed by atoms with van der Waals surface area (Å²) in [5, 5.41) is 9.91. The van der Waals surface area contributed by atoms with Crippen LogP contribution >= 0.6 is 0 Å². The molecule has 0 radical (unpaired) electrons. The van der Waals surface area contributed by atoms with Crippen molar-refractivity contribution in [3.05, 3.63) is 48.0 Å². The van der Waals surface area contributed by atoms with E-state index >= 15 is 0 Å². The second kappa shape index (κ2) is 7.34. The Morgan fingerprint density at radius 1 is 1.09 bits per heavy atom. The lowest BCUT2D eigenvalue weighted by atomic mass is 10.2. The molecule has 0 spiro atoms. The maximum Gasteiger partial charge on any atom is 0.262 e. The summed E-state index contributed by atoms with van der Waals surface area (Å²) in [5.74, 6) is 0.468. The minimum absolute atomic E-state index is 0.0810. The zero-order chi connectivity index (χ0) is 16.9. The fourth-order valence-corrected chi connectivity index (χ4v) is 2.97. The number of methoxy groups -OCH3 is 1. The lowest BCUT2D eigenvalue weighted by molar-refractivity contribution is 0.146. The first kappa shape index (κ1) is 17.1. The molecule has 0 aliphatic heterocycles. The first-order valence-corrected chi connectivity index (χ1v) is 8.45. The monoisotopic (exact) mass is 337 g/mol. The fourth-order valence-electron chi connectivity index (χ4n) is 1.90. The number of anilines is 1. The number of hydrogen-bond donors (Lipinski definition) is 2. The van der Waals surface area contributed by atoms with Gasteiger partial charge in [0.2, 0.25) is 0 Å². The van der Waals surface area contributed by atoms with Gasteiger partial charge in [0.25, 0.3) is 10.0 Å². The maximum absolute atomic E-state index is 12.4. The molecule has 2 aromatic rings. The first-order valence-electron chi connectivity index (χ1n) is 6.97. The van der Waals surface area contributed by atoms with Crippen molar-refractivity contribution in [3.63, 3.8) is 0 Å². The predicted molar refractivity (Wildman–Crippen MR) is 87.5 cm³/mol. The fraction of sp³-hybridized carbons (Fsp3) is 0.250. The minimum Gasteiger partial charge on any atom is -0.505 e.